The third-order valence-electron chi connectivity index (χ3n) is 5.93. The lowest BCUT2D eigenvalue weighted by molar-refractivity contribution is -0.131. The summed E-state index contributed by atoms with van der Waals surface area (Å²) in [6.07, 6.45) is 1.49. The molecule has 1 atom stereocenters. The molecule has 35 heavy (non-hydrogen) atoms. The first kappa shape index (κ1) is 23.0. The summed E-state index contributed by atoms with van der Waals surface area (Å²) in [7, 11) is 0. The van der Waals surface area contributed by atoms with Gasteiger partial charge in [-0.3, -0.25) is 9.59 Å². The Hall–Kier alpha value is -3.78. The molecular weight excluding hydrogens is 462 g/mol. The zero-order chi connectivity index (χ0) is 24.2. The maximum Gasteiger partial charge on any atom is 0.289 e. The van der Waals surface area contributed by atoms with E-state index in [1.165, 1.54) is 18.0 Å². The minimum Gasteiger partial charge on any atom is -0.459 e. The van der Waals surface area contributed by atoms with Crippen LogP contribution in [0.25, 0.3) is 22.6 Å². The molecule has 3 heterocycles. The van der Waals surface area contributed by atoms with E-state index in [0.29, 0.717) is 42.9 Å². The predicted octanol–water partition coefficient (Wildman–Crippen LogP) is 5.07. The fourth-order valence-corrected chi connectivity index (χ4v) is 4.90. The number of hydrogen-bond donors (Lipinski definition) is 0. The van der Waals surface area contributed by atoms with Crippen LogP contribution in [-0.2, 0) is 4.79 Å². The van der Waals surface area contributed by atoms with Gasteiger partial charge in [-0.25, -0.2) is 4.98 Å². The van der Waals surface area contributed by atoms with Crippen molar-refractivity contribution in [3.8, 4) is 22.6 Å². The summed E-state index contributed by atoms with van der Waals surface area (Å²) in [5.41, 5.74) is 2.64. The van der Waals surface area contributed by atoms with Gasteiger partial charge in [-0.2, -0.15) is 0 Å². The van der Waals surface area contributed by atoms with Crippen LogP contribution in [0.4, 0.5) is 0 Å². The number of rotatable bonds is 6. The number of carbonyl (C=O) groups is 2. The molecule has 1 aliphatic rings. The summed E-state index contributed by atoms with van der Waals surface area (Å²) in [6.45, 7) is 3.76. The van der Waals surface area contributed by atoms with Crippen LogP contribution < -0.4 is 0 Å². The number of piperazine rings is 1. The number of amides is 2. The van der Waals surface area contributed by atoms with Gasteiger partial charge in [0.15, 0.2) is 11.5 Å². The van der Waals surface area contributed by atoms with Gasteiger partial charge in [-0.15, -0.1) is 0 Å². The van der Waals surface area contributed by atoms with E-state index in [0.717, 1.165) is 16.8 Å². The summed E-state index contributed by atoms with van der Waals surface area (Å²) < 4.78 is 11.4. The monoisotopic (exact) mass is 487 g/mol. The highest BCUT2D eigenvalue weighted by molar-refractivity contribution is 8.00. The first-order valence-corrected chi connectivity index (χ1v) is 12.4. The minimum atomic E-state index is -0.381. The van der Waals surface area contributed by atoms with Crippen LogP contribution in [0.5, 0.6) is 0 Å². The molecule has 2 amide bonds. The van der Waals surface area contributed by atoms with Crippen LogP contribution in [0.3, 0.4) is 0 Å². The molecule has 1 saturated heterocycles. The van der Waals surface area contributed by atoms with Crippen molar-refractivity contribution in [2.75, 3.05) is 26.2 Å². The van der Waals surface area contributed by atoms with E-state index in [1.807, 2.05) is 67.6 Å². The molecule has 1 unspecified atom stereocenters. The van der Waals surface area contributed by atoms with Crippen LogP contribution >= 0.6 is 11.8 Å². The van der Waals surface area contributed by atoms with Crippen molar-refractivity contribution >= 4 is 23.6 Å². The van der Waals surface area contributed by atoms with Gasteiger partial charge in [0.1, 0.15) is 5.69 Å². The minimum absolute atomic E-state index is 0.000759. The van der Waals surface area contributed by atoms with Gasteiger partial charge in [0, 0.05) is 37.3 Å². The van der Waals surface area contributed by atoms with Crippen molar-refractivity contribution in [2.45, 2.75) is 17.4 Å². The number of thioether (sulfide) groups is 1. The van der Waals surface area contributed by atoms with Gasteiger partial charge in [0.2, 0.25) is 5.91 Å². The predicted molar refractivity (Wildman–Crippen MR) is 134 cm³/mol. The van der Waals surface area contributed by atoms with E-state index in [9.17, 15) is 9.59 Å². The van der Waals surface area contributed by atoms with Crippen molar-refractivity contribution in [1.29, 1.82) is 0 Å². The lowest BCUT2D eigenvalue weighted by Gasteiger charge is -2.35. The molecule has 2 aromatic heterocycles. The molecule has 0 bridgehead atoms. The quantitative estimate of drug-likeness (QED) is 0.354. The molecule has 1 aliphatic heterocycles. The van der Waals surface area contributed by atoms with Crippen molar-refractivity contribution in [2.24, 2.45) is 0 Å². The zero-order valence-corrected chi connectivity index (χ0v) is 20.1. The van der Waals surface area contributed by atoms with E-state index >= 15 is 0 Å². The largest absolute Gasteiger partial charge is 0.459 e. The van der Waals surface area contributed by atoms with Crippen LogP contribution in [-0.4, -0.2) is 58.0 Å². The molecular formula is C27H25N3O4S. The Morgan fingerprint density at radius 2 is 1.49 bits per heavy atom. The summed E-state index contributed by atoms with van der Waals surface area (Å²) in [6, 6.07) is 23.1. The fourth-order valence-electron chi connectivity index (χ4n) is 4.07. The highest BCUT2D eigenvalue weighted by atomic mass is 32.2. The molecule has 5 rings (SSSR count). The Labute approximate surface area is 207 Å². The average Bonchev–Trinajstić information content (AvgIpc) is 3.60. The normalized spacial score (nSPS) is 14.7. The number of hydrogen-bond acceptors (Lipinski definition) is 6. The molecule has 0 N–H and O–H groups in total. The van der Waals surface area contributed by atoms with Crippen LogP contribution in [0.15, 0.2) is 93.1 Å². The Balaban J connectivity index is 1.27. The molecule has 0 aliphatic carbocycles. The lowest BCUT2D eigenvalue weighted by atomic mass is 10.1. The summed E-state index contributed by atoms with van der Waals surface area (Å²) >= 11 is 1.31. The van der Waals surface area contributed by atoms with Crippen molar-refractivity contribution in [1.82, 2.24) is 14.8 Å². The number of aromatic nitrogens is 1. The van der Waals surface area contributed by atoms with Crippen LogP contribution in [0.2, 0.25) is 0 Å². The second-order valence-electron chi connectivity index (χ2n) is 8.24. The van der Waals surface area contributed by atoms with Crippen molar-refractivity contribution in [3.63, 3.8) is 0 Å². The van der Waals surface area contributed by atoms with Crippen LogP contribution in [0.1, 0.15) is 17.5 Å². The maximum absolute atomic E-state index is 13.2. The van der Waals surface area contributed by atoms with Crippen molar-refractivity contribution in [3.05, 3.63) is 84.8 Å². The second kappa shape index (κ2) is 10.2. The van der Waals surface area contributed by atoms with Gasteiger partial charge >= 0.3 is 0 Å². The van der Waals surface area contributed by atoms with Gasteiger partial charge in [0.25, 0.3) is 11.1 Å². The van der Waals surface area contributed by atoms with Gasteiger partial charge < -0.3 is 18.6 Å². The second-order valence-corrected chi connectivity index (χ2v) is 9.54. The molecule has 178 valence electrons. The average molecular weight is 488 g/mol. The molecule has 4 aromatic rings. The first-order valence-electron chi connectivity index (χ1n) is 11.5. The zero-order valence-electron chi connectivity index (χ0n) is 19.3. The fraction of sp³-hybridized carbons (Fsp3) is 0.222. The number of carbonyl (C=O) groups excluding carboxylic acids is 2. The van der Waals surface area contributed by atoms with Gasteiger partial charge in [-0.1, -0.05) is 72.4 Å². The molecule has 0 spiro atoms. The third kappa shape index (κ3) is 5.02. The standard InChI is InChI=1S/C27H25N3O4S/c1-19(25(31)29-14-16-30(17-15-29)26(32)22-13-8-18-33-22)35-27-28-23(20-9-4-2-5-10-20)24(34-27)21-11-6-3-7-12-21/h2-13,18-19H,14-17H2,1H3. The Morgan fingerprint density at radius 1 is 0.857 bits per heavy atom. The van der Waals surface area contributed by atoms with E-state index in [2.05, 4.69) is 0 Å². The van der Waals surface area contributed by atoms with E-state index < -0.39 is 0 Å². The van der Waals surface area contributed by atoms with E-state index in [1.54, 1.807) is 21.9 Å². The van der Waals surface area contributed by atoms with Gasteiger partial charge in [-0.05, 0) is 19.1 Å². The highest BCUT2D eigenvalue weighted by Gasteiger charge is 2.30. The SMILES string of the molecule is CC(Sc1nc(-c2ccccc2)c(-c2ccccc2)o1)C(=O)N1CCN(C(=O)c2ccco2)CC1. The number of benzene rings is 2. The molecule has 1 fully saturated rings. The summed E-state index contributed by atoms with van der Waals surface area (Å²) in [5.74, 6) is 0.858. The number of nitrogens with zero attached hydrogens (tertiary/aromatic N) is 3. The Morgan fingerprint density at radius 3 is 2.11 bits per heavy atom. The number of oxazole rings is 1. The maximum atomic E-state index is 13.2. The topological polar surface area (TPSA) is 79.8 Å². The Kier molecular flexibility index (Phi) is 6.72. The lowest BCUT2D eigenvalue weighted by Crippen LogP contribution is -2.52. The van der Waals surface area contributed by atoms with E-state index in [-0.39, 0.29) is 17.1 Å². The number of furan rings is 1. The molecule has 0 saturated carbocycles. The smallest absolute Gasteiger partial charge is 0.289 e. The van der Waals surface area contributed by atoms with Crippen LogP contribution in [0, 0.1) is 0 Å². The molecule has 8 heteroatoms. The molecule has 0 radical (unpaired) electrons. The van der Waals surface area contributed by atoms with E-state index in [4.69, 9.17) is 13.8 Å². The molecule has 7 nitrogen and oxygen atoms in total. The highest BCUT2D eigenvalue weighted by Crippen LogP contribution is 2.37. The van der Waals surface area contributed by atoms with Crippen molar-refractivity contribution < 1.29 is 18.4 Å². The van der Waals surface area contributed by atoms with Gasteiger partial charge in [0.05, 0.1) is 11.5 Å². The summed E-state index contributed by atoms with van der Waals surface area (Å²) in [4.78, 5) is 33.9. The Bertz CT molecular complexity index is 1220. The third-order valence-corrected chi connectivity index (χ3v) is 6.86. The summed E-state index contributed by atoms with van der Waals surface area (Å²) in [5, 5.41) is 0.0726. The molecule has 2 aromatic carbocycles. The first-order chi connectivity index (χ1) is 17.1.